The number of hydrogen-bond donors (Lipinski definition) is 2. The lowest BCUT2D eigenvalue weighted by Crippen LogP contribution is -2.51. The summed E-state index contributed by atoms with van der Waals surface area (Å²) in [7, 11) is 1.54. The Bertz CT molecular complexity index is 1550. The smallest absolute Gasteiger partial charge is 0.307 e. The molecule has 2 atom stereocenters. The van der Waals surface area contributed by atoms with Crippen LogP contribution >= 0.6 is 0 Å². The number of rotatable bonds is 10. The highest BCUT2D eigenvalue weighted by Gasteiger charge is 2.48. The Morgan fingerprint density at radius 2 is 1.57 bits per heavy atom. The van der Waals surface area contributed by atoms with Gasteiger partial charge in [0.15, 0.2) is 0 Å². The molecule has 0 saturated carbocycles. The van der Waals surface area contributed by atoms with Gasteiger partial charge in [0, 0.05) is 25.7 Å². The second kappa shape index (κ2) is 14.6. The van der Waals surface area contributed by atoms with Crippen LogP contribution in [0.15, 0.2) is 78.9 Å². The van der Waals surface area contributed by atoms with E-state index in [1.54, 1.807) is 39.2 Å². The molecule has 2 aliphatic rings. The molecular formula is C37H43N3O6. The van der Waals surface area contributed by atoms with Crippen LogP contribution in [0, 0.1) is 0 Å². The van der Waals surface area contributed by atoms with Crippen molar-refractivity contribution in [1.82, 2.24) is 15.5 Å². The molecule has 1 unspecified atom stereocenters. The van der Waals surface area contributed by atoms with E-state index in [1.807, 2.05) is 65.6 Å². The minimum Gasteiger partial charge on any atom is -0.496 e. The van der Waals surface area contributed by atoms with Crippen LogP contribution in [0.5, 0.6) is 5.75 Å². The highest BCUT2D eigenvalue weighted by Crippen LogP contribution is 2.48. The van der Waals surface area contributed by atoms with E-state index in [0.717, 1.165) is 16.7 Å². The third-order valence-electron chi connectivity index (χ3n) is 9.03. The Morgan fingerprint density at radius 3 is 2.28 bits per heavy atom. The maximum Gasteiger partial charge on any atom is 0.307 e. The summed E-state index contributed by atoms with van der Waals surface area (Å²) in [5.74, 6) is -0.557. The Labute approximate surface area is 270 Å². The third kappa shape index (κ3) is 6.93. The maximum absolute atomic E-state index is 14.1. The molecule has 0 bridgehead atoms. The van der Waals surface area contributed by atoms with Crippen molar-refractivity contribution in [2.75, 3.05) is 26.7 Å². The van der Waals surface area contributed by atoms with Gasteiger partial charge < -0.3 is 25.0 Å². The van der Waals surface area contributed by atoms with E-state index in [-0.39, 0.29) is 54.7 Å². The fourth-order valence-corrected chi connectivity index (χ4v) is 6.80. The number of hydrogen-bond acceptors (Lipinski definition) is 6. The molecule has 242 valence electrons. The lowest BCUT2D eigenvalue weighted by molar-refractivity contribution is -0.147. The van der Waals surface area contributed by atoms with Crippen LogP contribution < -0.4 is 15.4 Å². The predicted octanol–water partition coefficient (Wildman–Crippen LogP) is 4.74. The maximum atomic E-state index is 14.1. The Kier molecular flexibility index (Phi) is 10.4. The van der Waals surface area contributed by atoms with Crippen LogP contribution in [-0.4, -0.2) is 67.5 Å². The first-order valence-corrected chi connectivity index (χ1v) is 16.1. The number of carbonyl (C=O) groups excluding carboxylic acids is 4. The molecule has 9 heteroatoms. The zero-order chi connectivity index (χ0) is 32.7. The molecule has 1 fully saturated rings. The number of benzene rings is 3. The molecule has 9 nitrogen and oxygen atoms in total. The topological polar surface area (TPSA) is 114 Å². The lowest BCUT2D eigenvalue weighted by atomic mass is 9.62. The molecule has 5 rings (SSSR count). The number of ether oxygens (including phenoxy) is 2. The number of nitrogens with one attached hydrogen (secondary N) is 2. The number of fused-ring (bicyclic) bond motifs is 1. The number of carbonyl (C=O) groups is 4. The van der Waals surface area contributed by atoms with Crippen molar-refractivity contribution in [1.29, 1.82) is 0 Å². The summed E-state index contributed by atoms with van der Waals surface area (Å²) in [5.41, 5.74) is 1.99. The highest BCUT2D eigenvalue weighted by atomic mass is 16.5. The fraction of sp³-hybridized carbons (Fsp3) is 0.405. The summed E-state index contributed by atoms with van der Waals surface area (Å²) >= 11 is 0. The van der Waals surface area contributed by atoms with Gasteiger partial charge in [-0.1, -0.05) is 66.7 Å². The van der Waals surface area contributed by atoms with Crippen LogP contribution in [0.25, 0.3) is 0 Å². The average molecular weight is 626 g/mol. The zero-order valence-electron chi connectivity index (χ0n) is 26.8. The van der Waals surface area contributed by atoms with Crippen molar-refractivity contribution in [3.05, 3.63) is 101 Å². The van der Waals surface area contributed by atoms with Gasteiger partial charge in [0.25, 0.3) is 5.91 Å². The van der Waals surface area contributed by atoms with Crippen LogP contribution in [0.2, 0.25) is 0 Å². The van der Waals surface area contributed by atoms with Crippen LogP contribution in [0.4, 0.5) is 0 Å². The summed E-state index contributed by atoms with van der Waals surface area (Å²) < 4.78 is 10.6. The largest absolute Gasteiger partial charge is 0.496 e. The number of amides is 3. The minimum absolute atomic E-state index is 0.0421. The van der Waals surface area contributed by atoms with E-state index < -0.39 is 5.41 Å². The van der Waals surface area contributed by atoms with E-state index in [0.29, 0.717) is 50.1 Å². The second-order valence-corrected chi connectivity index (χ2v) is 12.3. The minimum atomic E-state index is -1.01. The van der Waals surface area contributed by atoms with E-state index in [2.05, 4.69) is 10.6 Å². The summed E-state index contributed by atoms with van der Waals surface area (Å²) in [6.45, 7) is 4.81. The zero-order valence-corrected chi connectivity index (χ0v) is 26.8. The molecular weight excluding hydrogens is 582 g/mol. The molecule has 0 aromatic heterocycles. The average Bonchev–Trinajstić information content (AvgIpc) is 3.07. The van der Waals surface area contributed by atoms with Crippen molar-refractivity contribution in [2.45, 2.75) is 69.4 Å². The molecule has 0 spiro atoms. The van der Waals surface area contributed by atoms with Crippen LogP contribution in [0.1, 0.15) is 78.9 Å². The van der Waals surface area contributed by atoms with Gasteiger partial charge in [-0.05, 0) is 68.4 Å². The summed E-state index contributed by atoms with van der Waals surface area (Å²) in [6.07, 6.45) is 2.09. The first-order valence-electron chi connectivity index (χ1n) is 16.1. The van der Waals surface area contributed by atoms with Gasteiger partial charge in [0.05, 0.1) is 36.5 Å². The van der Waals surface area contributed by atoms with Crippen LogP contribution in [-0.2, 0) is 24.5 Å². The number of likely N-dealkylation sites (tertiary alicyclic amines) is 1. The number of piperidine rings is 1. The van der Waals surface area contributed by atoms with Gasteiger partial charge in [-0.25, -0.2) is 0 Å². The van der Waals surface area contributed by atoms with E-state index in [9.17, 15) is 19.2 Å². The molecule has 3 aromatic carbocycles. The first-order chi connectivity index (χ1) is 22.2. The molecule has 1 saturated heterocycles. The van der Waals surface area contributed by atoms with E-state index in [4.69, 9.17) is 9.47 Å². The monoisotopic (exact) mass is 625 g/mol. The van der Waals surface area contributed by atoms with Crippen molar-refractivity contribution in [3.8, 4) is 5.75 Å². The molecule has 0 radical (unpaired) electrons. The van der Waals surface area contributed by atoms with Crippen molar-refractivity contribution in [3.63, 3.8) is 0 Å². The third-order valence-corrected chi connectivity index (χ3v) is 9.03. The van der Waals surface area contributed by atoms with Crippen molar-refractivity contribution >= 4 is 23.7 Å². The molecule has 2 N–H and O–H groups in total. The van der Waals surface area contributed by atoms with Gasteiger partial charge in [-0.2, -0.15) is 0 Å². The number of esters is 1. The second-order valence-electron chi connectivity index (χ2n) is 12.3. The molecule has 3 aromatic rings. The molecule has 46 heavy (non-hydrogen) atoms. The summed E-state index contributed by atoms with van der Waals surface area (Å²) in [6, 6.07) is 24.5. The normalized spacial score (nSPS) is 19.6. The number of para-hydroxylation sites is 1. The SMILES string of the molecule is COc1ccccc1C(=O)NC1CCN(C(=O)[C@H]2CCC(C(=O)NCCC(=O)OC(C)C)(c3ccccc3)c3ccccc32)CC1. The Balaban J connectivity index is 1.31. The number of methoxy groups -OCH3 is 1. The van der Waals surface area contributed by atoms with Gasteiger partial charge in [-0.3, -0.25) is 19.2 Å². The van der Waals surface area contributed by atoms with Crippen LogP contribution in [0.3, 0.4) is 0 Å². The van der Waals surface area contributed by atoms with E-state index in [1.165, 1.54) is 0 Å². The summed E-state index contributed by atoms with van der Waals surface area (Å²) in [4.78, 5) is 55.2. The molecule has 3 amide bonds. The van der Waals surface area contributed by atoms with Gasteiger partial charge >= 0.3 is 5.97 Å². The standard InChI is InChI=1S/C37H43N3O6/c1-25(2)46-33(41)18-22-38-36(44)37(26-11-5-4-6-12-26)21-17-29(28-13-7-9-15-31(28)37)35(43)40-23-19-27(20-24-40)39-34(42)30-14-8-10-16-32(30)45-3/h4-16,25,27,29H,17-24H2,1-3H3,(H,38,44)(H,39,42)/t29-,37?/m0/s1. The van der Waals surface area contributed by atoms with E-state index >= 15 is 0 Å². The van der Waals surface area contributed by atoms with Crippen molar-refractivity contribution in [2.24, 2.45) is 0 Å². The number of nitrogens with zero attached hydrogens (tertiary/aromatic N) is 1. The van der Waals surface area contributed by atoms with Gasteiger partial charge in [0.2, 0.25) is 11.8 Å². The molecule has 1 aliphatic heterocycles. The predicted molar refractivity (Wildman–Crippen MR) is 175 cm³/mol. The van der Waals surface area contributed by atoms with Gasteiger partial charge in [-0.15, -0.1) is 0 Å². The fourth-order valence-electron chi connectivity index (χ4n) is 6.80. The lowest BCUT2D eigenvalue weighted by Gasteiger charge is -2.42. The molecule has 1 aliphatic carbocycles. The van der Waals surface area contributed by atoms with Gasteiger partial charge in [0.1, 0.15) is 5.75 Å². The molecule has 1 heterocycles. The van der Waals surface area contributed by atoms with Crippen molar-refractivity contribution < 1.29 is 28.7 Å². The first kappa shape index (κ1) is 32.7. The Hall–Kier alpha value is -4.66. The quantitative estimate of drug-likeness (QED) is 0.315. The summed E-state index contributed by atoms with van der Waals surface area (Å²) in [5, 5.41) is 6.11. The highest BCUT2D eigenvalue weighted by molar-refractivity contribution is 5.97. The Morgan fingerprint density at radius 1 is 0.891 bits per heavy atom.